The number of amides is 1. The van der Waals surface area contributed by atoms with Crippen LogP contribution >= 0.6 is 0 Å². The van der Waals surface area contributed by atoms with E-state index in [1.165, 1.54) is 32.1 Å². The van der Waals surface area contributed by atoms with E-state index < -0.39 is 0 Å². The largest absolute Gasteiger partial charge is 0.494 e. The van der Waals surface area contributed by atoms with Gasteiger partial charge in [-0.1, -0.05) is 32.1 Å². The summed E-state index contributed by atoms with van der Waals surface area (Å²) < 4.78 is 10.8. The number of methoxy groups -OCH3 is 1. The maximum absolute atomic E-state index is 12.5. The van der Waals surface area contributed by atoms with Crippen molar-refractivity contribution < 1.29 is 14.3 Å². The number of rotatable bonds is 6. The van der Waals surface area contributed by atoms with Crippen LogP contribution in [0.2, 0.25) is 0 Å². The number of carbonyl (C=O) groups excluding carboxylic acids is 1. The van der Waals surface area contributed by atoms with Crippen molar-refractivity contribution in [3.63, 3.8) is 0 Å². The molecule has 0 radical (unpaired) electrons. The minimum Gasteiger partial charge on any atom is -0.494 e. The zero-order chi connectivity index (χ0) is 16.5. The molecule has 1 saturated carbocycles. The smallest absolute Gasteiger partial charge is 0.251 e. The molecule has 1 aliphatic carbocycles. The quantitative estimate of drug-likeness (QED) is 0.859. The van der Waals surface area contributed by atoms with E-state index in [0.29, 0.717) is 24.8 Å². The van der Waals surface area contributed by atoms with E-state index in [4.69, 9.17) is 9.47 Å². The van der Waals surface area contributed by atoms with E-state index in [0.717, 1.165) is 24.2 Å². The molecule has 0 spiro atoms. The second kappa shape index (κ2) is 9.56. The summed E-state index contributed by atoms with van der Waals surface area (Å²) in [6.45, 7) is 3.00. The predicted octanol–water partition coefficient (Wildman–Crippen LogP) is 4.07. The predicted molar refractivity (Wildman–Crippen MR) is 91.9 cm³/mol. The molecule has 0 aliphatic heterocycles. The summed E-state index contributed by atoms with van der Waals surface area (Å²) in [6.07, 6.45) is 8.51. The van der Waals surface area contributed by atoms with Crippen LogP contribution in [-0.2, 0) is 11.3 Å². The van der Waals surface area contributed by atoms with Crippen molar-refractivity contribution in [1.82, 2.24) is 5.32 Å². The fraction of sp³-hybridized carbons (Fsp3) is 0.632. The topological polar surface area (TPSA) is 47.6 Å². The molecule has 1 fully saturated rings. The molecule has 1 N–H and O–H groups in total. The lowest BCUT2D eigenvalue weighted by atomic mass is 9.96. The van der Waals surface area contributed by atoms with Crippen molar-refractivity contribution in [2.45, 2.75) is 64.5 Å². The summed E-state index contributed by atoms with van der Waals surface area (Å²) in [7, 11) is 1.65. The molecule has 1 aromatic carbocycles. The summed E-state index contributed by atoms with van der Waals surface area (Å²) in [4.78, 5) is 12.5. The van der Waals surface area contributed by atoms with E-state index in [2.05, 4.69) is 5.32 Å². The van der Waals surface area contributed by atoms with E-state index in [1.54, 1.807) is 7.11 Å². The van der Waals surface area contributed by atoms with Gasteiger partial charge in [0, 0.05) is 24.3 Å². The summed E-state index contributed by atoms with van der Waals surface area (Å²) in [5.74, 6) is 0.799. The van der Waals surface area contributed by atoms with Crippen molar-refractivity contribution in [1.29, 1.82) is 0 Å². The molecule has 23 heavy (non-hydrogen) atoms. The Morgan fingerprint density at radius 3 is 2.52 bits per heavy atom. The van der Waals surface area contributed by atoms with Crippen LogP contribution in [0.25, 0.3) is 0 Å². The van der Waals surface area contributed by atoms with Crippen molar-refractivity contribution in [3.8, 4) is 5.75 Å². The Hall–Kier alpha value is -1.55. The van der Waals surface area contributed by atoms with Crippen LogP contribution < -0.4 is 10.1 Å². The summed E-state index contributed by atoms with van der Waals surface area (Å²) >= 11 is 0. The normalized spacial score (nSPS) is 16.4. The molecule has 0 aromatic heterocycles. The van der Waals surface area contributed by atoms with Gasteiger partial charge in [-0.25, -0.2) is 0 Å². The Morgan fingerprint density at radius 2 is 1.87 bits per heavy atom. The summed E-state index contributed by atoms with van der Waals surface area (Å²) in [6, 6.07) is 5.89. The van der Waals surface area contributed by atoms with E-state index in [-0.39, 0.29) is 5.91 Å². The standard InChI is InChI=1S/C19H29NO3/c1-3-23-18-12-11-15(13-16(18)14-22-2)19(21)20-17-9-7-5-4-6-8-10-17/h11-13,17H,3-10,14H2,1-2H3,(H,20,21). The Morgan fingerprint density at radius 1 is 1.17 bits per heavy atom. The molecular formula is C19H29NO3. The highest BCUT2D eigenvalue weighted by atomic mass is 16.5. The van der Waals surface area contributed by atoms with Crippen molar-refractivity contribution in [3.05, 3.63) is 29.3 Å². The monoisotopic (exact) mass is 319 g/mol. The van der Waals surface area contributed by atoms with E-state index >= 15 is 0 Å². The minimum absolute atomic E-state index is 0.0102. The second-order valence-electron chi connectivity index (χ2n) is 6.20. The molecule has 128 valence electrons. The fourth-order valence-electron chi connectivity index (χ4n) is 3.15. The van der Waals surface area contributed by atoms with E-state index in [9.17, 15) is 4.79 Å². The average Bonchev–Trinajstić information content (AvgIpc) is 2.52. The fourth-order valence-corrected chi connectivity index (χ4v) is 3.15. The third-order valence-corrected chi connectivity index (χ3v) is 4.36. The lowest BCUT2D eigenvalue weighted by Gasteiger charge is -2.21. The van der Waals surface area contributed by atoms with Gasteiger partial charge in [0.25, 0.3) is 5.91 Å². The summed E-state index contributed by atoms with van der Waals surface area (Å²) in [5, 5.41) is 3.20. The van der Waals surface area contributed by atoms with Gasteiger partial charge in [0.05, 0.1) is 13.2 Å². The third kappa shape index (κ3) is 5.54. The first kappa shape index (κ1) is 17.8. The van der Waals surface area contributed by atoms with Gasteiger partial charge in [-0.15, -0.1) is 0 Å². The first-order chi connectivity index (χ1) is 11.2. The van der Waals surface area contributed by atoms with Crippen molar-refractivity contribution >= 4 is 5.91 Å². The molecule has 1 aromatic rings. The Kier molecular flexibility index (Phi) is 7.40. The molecule has 1 aliphatic rings. The van der Waals surface area contributed by atoms with Gasteiger partial charge in [0.2, 0.25) is 0 Å². The van der Waals surface area contributed by atoms with Crippen molar-refractivity contribution in [2.24, 2.45) is 0 Å². The number of ether oxygens (including phenoxy) is 2. The van der Waals surface area contributed by atoms with Crippen molar-refractivity contribution in [2.75, 3.05) is 13.7 Å². The molecule has 4 nitrogen and oxygen atoms in total. The Balaban J connectivity index is 2.03. The first-order valence-corrected chi connectivity index (χ1v) is 8.80. The highest BCUT2D eigenvalue weighted by Gasteiger charge is 2.16. The van der Waals surface area contributed by atoms with Crippen LogP contribution in [-0.4, -0.2) is 25.7 Å². The van der Waals surface area contributed by atoms with Gasteiger partial charge >= 0.3 is 0 Å². The lowest BCUT2D eigenvalue weighted by molar-refractivity contribution is 0.0930. The molecule has 1 amide bonds. The molecule has 0 saturated heterocycles. The highest BCUT2D eigenvalue weighted by molar-refractivity contribution is 5.94. The maximum atomic E-state index is 12.5. The summed E-state index contributed by atoms with van der Waals surface area (Å²) in [5.41, 5.74) is 1.60. The first-order valence-electron chi connectivity index (χ1n) is 8.80. The van der Waals surface area contributed by atoms with Crippen LogP contribution in [0.4, 0.5) is 0 Å². The zero-order valence-corrected chi connectivity index (χ0v) is 14.4. The van der Waals surface area contributed by atoms with Gasteiger partial charge in [0.1, 0.15) is 5.75 Å². The second-order valence-corrected chi connectivity index (χ2v) is 6.20. The minimum atomic E-state index is 0.0102. The molecule has 0 bridgehead atoms. The number of carbonyl (C=O) groups is 1. The molecular weight excluding hydrogens is 290 g/mol. The number of hydrogen-bond donors (Lipinski definition) is 1. The van der Waals surface area contributed by atoms with Crippen LogP contribution in [0.1, 0.15) is 67.8 Å². The zero-order valence-electron chi connectivity index (χ0n) is 14.4. The van der Waals surface area contributed by atoms with Crippen LogP contribution in [0.15, 0.2) is 18.2 Å². The van der Waals surface area contributed by atoms with Crippen LogP contribution in [0, 0.1) is 0 Å². The van der Waals surface area contributed by atoms with Gasteiger partial charge in [0.15, 0.2) is 0 Å². The highest BCUT2D eigenvalue weighted by Crippen LogP contribution is 2.22. The number of hydrogen-bond acceptors (Lipinski definition) is 3. The molecule has 4 heteroatoms. The molecule has 0 atom stereocenters. The Bertz CT molecular complexity index is 493. The van der Waals surface area contributed by atoms with Crippen LogP contribution in [0.5, 0.6) is 5.75 Å². The van der Waals surface area contributed by atoms with E-state index in [1.807, 2.05) is 25.1 Å². The third-order valence-electron chi connectivity index (χ3n) is 4.36. The maximum Gasteiger partial charge on any atom is 0.251 e. The molecule has 0 heterocycles. The number of benzene rings is 1. The van der Waals surface area contributed by atoms with Gasteiger partial charge in [-0.05, 0) is 38.0 Å². The number of nitrogens with one attached hydrogen (secondary N) is 1. The molecule has 2 rings (SSSR count). The lowest BCUT2D eigenvalue weighted by Crippen LogP contribution is -2.35. The SMILES string of the molecule is CCOc1ccc(C(=O)NC2CCCCCCC2)cc1COC. The van der Waals surface area contributed by atoms with Crippen LogP contribution in [0.3, 0.4) is 0 Å². The Labute approximate surface area is 139 Å². The average molecular weight is 319 g/mol. The molecule has 0 unspecified atom stereocenters. The van der Waals surface area contributed by atoms with Gasteiger partial charge in [-0.2, -0.15) is 0 Å². The van der Waals surface area contributed by atoms with Gasteiger partial charge in [-0.3, -0.25) is 4.79 Å². The van der Waals surface area contributed by atoms with Gasteiger partial charge < -0.3 is 14.8 Å².